The Kier molecular flexibility index (Phi) is 6.45. The van der Waals surface area contributed by atoms with Crippen molar-refractivity contribution < 1.29 is 14.3 Å². The van der Waals surface area contributed by atoms with Crippen LogP contribution >= 0.6 is 11.3 Å². The van der Waals surface area contributed by atoms with Crippen LogP contribution in [0.3, 0.4) is 0 Å². The molecule has 1 atom stereocenters. The van der Waals surface area contributed by atoms with Crippen LogP contribution in [-0.2, 0) is 16.0 Å². The first-order valence-electron chi connectivity index (χ1n) is 9.11. The van der Waals surface area contributed by atoms with Crippen LogP contribution in [-0.4, -0.2) is 48.4 Å². The van der Waals surface area contributed by atoms with Gasteiger partial charge in [-0.25, -0.2) is 4.98 Å². The number of nitrogens with zero attached hydrogens (tertiary/aromatic N) is 2. The van der Waals surface area contributed by atoms with E-state index in [2.05, 4.69) is 20.2 Å². The summed E-state index contributed by atoms with van der Waals surface area (Å²) in [4.78, 5) is 17.3. The van der Waals surface area contributed by atoms with Crippen molar-refractivity contribution in [1.82, 2.24) is 14.9 Å². The highest BCUT2D eigenvalue weighted by Crippen LogP contribution is 2.29. The van der Waals surface area contributed by atoms with E-state index in [1.807, 2.05) is 19.9 Å². The maximum absolute atomic E-state index is 12.7. The molecule has 2 aromatic rings. The van der Waals surface area contributed by atoms with Crippen molar-refractivity contribution in [2.75, 3.05) is 26.9 Å². The Bertz CT molecular complexity index is 747. The van der Waals surface area contributed by atoms with Gasteiger partial charge in [0.05, 0.1) is 28.1 Å². The Hall–Kier alpha value is -1.70. The minimum atomic E-state index is -0.0436. The summed E-state index contributed by atoms with van der Waals surface area (Å²) >= 11 is 1.62. The number of carbonyl (C=O) groups is 1. The highest BCUT2D eigenvalue weighted by atomic mass is 32.1. The van der Waals surface area contributed by atoms with Crippen molar-refractivity contribution in [2.24, 2.45) is 0 Å². The van der Waals surface area contributed by atoms with E-state index >= 15 is 0 Å². The van der Waals surface area contributed by atoms with Crippen LogP contribution < -0.4 is 5.32 Å². The zero-order valence-electron chi connectivity index (χ0n) is 15.7. The fourth-order valence-corrected chi connectivity index (χ4v) is 3.92. The number of nitrogens with one attached hydrogen (secondary N) is 1. The topological polar surface area (TPSA) is 65.4 Å². The fraction of sp³-hybridized carbons (Fsp3) is 0.579. The first-order chi connectivity index (χ1) is 12.6. The molecule has 0 aromatic carbocycles. The highest BCUT2D eigenvalue weighted by molar-refractivity contribution is 7.09. The predicted molar refractivity (Wildman–Crippen MR) is 103 cm³/mol. The summed E-state index contributed by atoms with van der Waals surface area (Å²) in [7, 11) is 1.67. The smallest absolute Gasteiger partial charge is 0.253 e. The van der Waals surface area contributed by atoms with Crippen LogP contribution in [0.25, 0.3) is 11.4 Å². The third-order valence-electron chi connectivity index (χ3n) is 4.71. The second kappa shape index (κ2) is 8.79. The Morgan fingerprint density at radius 2 is 2.35 bits per heavy atom. The van der Waals surface area contributed by atoms with Crippen molar-refractivity contribution >= 4 is 17.2 Å². The van der Waals surface area contributed by atoms with E-state index in [4.69, 9.17) is 9.47 Å². The number of rotatable bonds is 8. The van der Waals surface area contributed by atoms with E-state index < -0.39 is 0 Å². The van der Waals surface area contributed by atoms with Crippen LogP contribution in [0.15, 0.2) is 11.4 Å². The van der Waals surface area contributed by atoms with Crippen molar-refractivity contribution in [2.45, 2.75) is 45.8 Å². The molecule has 1 unspecified atom stereocenters. The first kappa shape index (κ1) is 19.1. The summed E-state index contributed by atoms with van der Waals surface area (Å²) in [6, 6.07) is 1.96. The molecule has 142 valence electrons. The lowest BCUT2D eigenvalue weighted by molar-refractivity contribution is 0.0937. The molecule has 0 spiro atoms. The number of aryl methyl sites for hydroxylation is 1. The molecule has 2 aromatic heterocycles. The molecule has 1 fully saturated rings. The van der Waals surface area contributed by atoms with E-state index in [0.717, 1.165) is 54.5 Å². The van der Waals surface area contributed by atoms with E-state index in [-0.39, 0.29) is 12.0 Å². The zero-order chi connectivity index (χ0) is 18.5. The first-order valence-corrected chi connectivity index (χ1v) is 9.99. The number of hydrogen-bond acceptors (Lipinski definition) is 5. The summed E-state index contributed by atoms with van der Waals surface area (Å²) < 4.78 is 13.0. The van der Waals surface area contributed by atoms with Gasteiger partial charge in [0.15, 0.2) is 0 Å². The summed E-state index contributed by atoms with van der Waals surface area (Å²) in [6.45, 7) is 6.83. The van der Waals surface area contributed by atoms with Gasteiger partial charge in [0.2, 0.25) is 0 Å². The minimum absolute atomic E-state index is 0.0436. The second-order valence-corrected chi connectivity index (χ2v) is 7.69. The summed E-state index contributed by atoms with van der Waals surface area (Å²) in [5.41, 5.74) is 3.59. The molecule has 3 heterocycles. The lowest BCUT2D eigenvalue weighted by Gasteiger charge is -2.15. The molecule has 0 saturated carbocycles. The molecule has 0 bridgehead atoms. The van der Waals surface area contributed by atoms with Crippen LogP contribution in [0, 0.1) is 13.8 Å². The van der Waals surface area contributed by atoms with Gasteiger partial charge < -0.3 is 19.4 Å². The fourth-order valence-electron chi connectivity index (χ4n) is 3.31. The quantitative estimate of drug-likeness (QED) is 0.718. The number of hydrogen-bond donors (Lipinski definition) is 1. The number of carbonyl (C=O) groups excluding carboxylic acids is 1. The standard InChI is InChI=1S/C19H27N3O3S/c1-13-16(19(23)20-7-5-8-24-3)10-18(17-12-26-14(2)21-17)22(13)11-15-6-4-9-25-15/h10,12,15H,4-9,11H2,1-3H3,(H,20,23). The van der Waals surface area contributed by atoms with Gasteiger partial charge in [-0.1, -0.05) is 0 Å². The molecule has 1 saturated heterocycles. The minimum Gasteiger partial charge on any atom is -0.385 e. The van der Waals surface area contributed by atoms with Crippen LogP contribution in [0.4, 0.5) is 0 Å². The number of ether oxygens (including phenoxy) is 2. The van der Waals surface area contributed by atoms with Crippen molar-refractivity contribution in [3.8, 4) is 11.4 Å². The molecule has 3 rings (SSSR count). The van der Waals surface area contributed by atoms with Crippen molar-refractivity contribution in [3.05, 3.63) is 27.7 Å². The molecular formula is C19H27N3O3S. The highest BCUT2D eigenvalue weighted by Gasteiger charge is 2.23. The van der Waals surface area contributed by atoms with Crippen LogP contribution in [0.2, 0.25) is 0 Å². The van der Waals surface area contributed by atoms with E-state index in [9.17, 15) is 4.79 Å². The lowest BCUT2D eigenvalue weighted by Crippen LogP contribution is -2.26. The van der Waals surface area contributed by atoms with Crippen LogP contribution in [0.5, 0.6) is 0 Å². The van der Waals surface area contributed by atoms with Gasteiger partial charge >= 0.3 is 0 Å². The number of amides is 1. The molecular weight excluding hydrogens is 350 g/mol. The zero-order valence-corrected chi connectivity index (χ0v) is 16.5. The SMILES string of the molecule is COCCCNC(=O)c1cc(-c2csc(C)n2)n(CC2CCCO2)c1C. The molecule has 26 heavy (non-hydrogen) atoms. The Balaban J connectivity index is 1.85. The van der Waals surface area contributed by atoms with Gasteiger partial charge in [-0.05, 0) is 39.2 Å². The normalized spacial score (nSPS) is 17.0. The largest absolute Gasteiger partial charge is 0.385 e. The molecule has 7 heteroatoms. The predicted octanol–water partition coefficient (Wildman–Crippen LogP) is 3.17. The number of methoxy groups -OCH3 is 1. The van der Waals surface area contributed by atoms with Gasteiger partial charge in [-0.15, -0.1) is 11.3 Å². The third-order valence-corrected chi connectivity index (χ3v) is 5.49. The number of thiazole rings is 1. The molecule has 1 amide bonds. The van der Waals surface area contributed by atoms with Gasteiger partial charge in [0, 0.05) is 44.5 Å². The van der Waals surface area contributed by atoms with Crippen LogP contribution in [0.1, 0.15) is 40.3 Å². The molecule has 1 aliphatic rings. The maximum atomic E-state index is 12.7. The average Bonchev–Trinajstić information content (AvgIpc) is 3.34. The lowest BCUT2D eigenvalue weighted by atomic mass is 10.2. The van der Waals surface area contributed by atoms with E-state index in [1.165, 1.54) is 0 Å². The molecule has 6 nitrogen and oxygen atoms in total. The third kappa shape index (κ3) is 4.34. The Morgan fingerprint density at radius 3 is 3.00 bits per heavy atom. The summed E-state index contributed by atoms with van der Waals surface area (Å²) in [5, 5.41) is 6.06. The van der Waals surface area contributed by atoms with E-state index in [1.54, 1.807) is 18.4 Å². The monoisotopic (exact) mass is 377 g/mol. The Morgan fingerprint density at radius 1 is 1.50 bits per heavy atom. The number of aromatic nitrogens is 2. The average molecular weight is 378 g/mol. The molecule has 1 N–H and O–H groups in total. The summed E-state index contributed by atoms with van der Waals surface area (Å²) in [5.74, 6) is -0.0436. The van der Waals surface area contributed by atoms with Gasteiger partial charge in [-0.3, -0.25) is 4.79 Å². The van der Waals surface area contributed by atoms with E-state index in [0.29, 0.717) is 18.7 Å². The van der Waals surface area contributed by atoms with Crippen molar-refractivity contribution in [1.29, 1.82) is 0 Å². The van der Waals surface area contributed by atoms with Gasteiger partial charge in [-0.2, -0.15) is 0 Å². The van der Waals surface area contributed by atoms with Crippen molar-refractivity contribution in [3.63, 3.8) is 0 Å². The molecule has 0 radical (unpaired) electrons. The molecule has 1 aliphatic heterocycles. The second-order valence-electron chi connectivity index (χ2n) is 6.63. The maximum Gasteiger partial charge on any atom is 0.253 e. The Labute approximate surface area is 158 Å². The van der Waals surface area contributed by atoms with Gasteiger partial charge in [0.25, 0.3) is 5.91 Å². The van der Waals surface area contributed by atoms with Gasteiger partial charge in [0.1, 0.15) is 0 Å². The molecule has 0 aliphatic carbocycles. The summed E-state index contributed by atoms with van der Waals surface area (Å²) in [6.07, 6.45) is 3.17.